The van der Waals surface area contributed by atoms with Crippen LogP contribution >= 0.6 is 15.9 Å². The predicted molar refractivity (Wildman–Crippen MR) is 86.6 cm³/mol. The zero-order chi connectivity index (χ0) is 16.8. The fraction of sp³-hybridized carbons (Fsp3) is 0.375. The molecule has 118 valence electrons. The van der Waals surface area contributed by atoms with Crippen molar-refractivity contribution < 1.29 is 19.1 Å². The third kappa shape index (κ3) is 6.19. The number of amides is 1. The highest BCUT2D eigenvalue weighted by Crippen LogP contribution is 2.16. The zero-order valence-electron chi connectivity index (χ0n) is 13.0. The maximum Gasteiger partial charge on any atom is 0.408 e. The van der Waals surface area contributed by atoms with Gasteiger partial charge in [0.2, 0.25) is 0 Å². The van der Waals surface area contributed by atoms with E-state index in [9.17, 15) is 9.59 Å². The minimum absolute atomic E-state index is 0.117. The minimum atomic E-state index is -0.554. The fourth-order valence-electron chi connectivity index (χ4n) is 1.47. The largest absolute Gasteiger partial charge is 0.465 e. The summed E-state index contributed by atoms with van der Waals surface area (Å²) < 4.78 is 10.6. The Morgan fingerprint density at radius 1 is 1.32 bits per heavy atom. The number of carbonyl (C=O) groups is 2. The number of esters is 1. The average Bonchev–Trinajstić information content (AvgIpc) is 2.42. The Morgan fingerprint density at radius 3 is 2.59 bits per heavy atom. The van der Waals surface area contributed by atoms with Crippen molar-refractivity contribution in [3.05, 3.63) is 33.8 Å². The van der Waals surface area contributed by atoms with Gasteiger partial charge >= 0.3 is 12.1 Å². The lowest BCUT2D eigenvalue weighted by Gasteiger charge is -2.19. The van der Waals surface area contributed by atoms with Crippen LogP contribution in [0, 0.1) is 11.8 Å². The second-order valence-electron chi connectivity index (χ2n) is 5.34. The highest BCUT2D eigenvalue weighted by atomic mass is 79.9. The Balaban J connectivity index is 2.73. The molecule has 6 heteroatoms. The van der Waals surface area contributed by atoms with Crippen molar-refractivity contribution in [2.45, 2.75) is 26.4 Å². The second kappa shape index (κ2) is 7.85. The predicted octanol–water partition coefficient (Wildman–Crippen LogP) is 3.11. The molecule has 22 heavy (non-hydrogen) atoms. The van der Waals surface area contributed by atoms with Crippen LogP contribution in [0.4, 0.5) is 4.79 Å². The number of alkyl carbamates (subject to hydrolysis) is 1. The van der Waals surface area contributed by atoms with Crippen molar-refractivity contribution in [3.63, 3.8) is 0 Å². The number of benzene rings is 1. The average molecular weight is 368 g/mol. The summed E-state index contributed by atoms with van der Waals surface area (Å²) in [5.41, 5.74) is 0.337. The Kier molecular flexibility index (Phi) is 6.44. The van der Waals surface area contributed by atoms with Crippen molar-refractivity contribution in [2.24, 2.45) is 0 Å². The van der Waals surface area contributed by atoms with Crippen molar-refractivity contribution in [1.29, 1.82) is 0 Å². The molecule has 1 rings (SSSR count). The quantitative estimate of drug-likeness (QED) is 0.644. The summed E-state index contributed by atoms with van der Waals surface area (Å²) in [4.78, 5) is 23.1. The van der Waals surface area contributed by atoms with E-state index >= 15 is 0 Å². The molecule has 0 saturated heterocycles. The van der Waals surface area contributed by atoms with Gasteiger partial charge in [0.25, 0.3) is 0 Å². The SMILES string of the molecule is COC(=O)c1cc(Br)ccc1C#CCNC(=O)OC(C)(C)C. The van der Waals surface area contributed by atoms with Crippen molar-refractivity contribution >= 4 is 28.0 Å². The number of hydrogen-bond donors (Lipinski definition) is 1. The first kappa shape index (κ1) is 18.1. The Morgan fingerprint density at radius 2 is 2.00 bits per heavy atom. The van der Waals surface area contributed by atoms with Gasteiger partial charge in [-0.1, -0.05) is 27.8 Å². The van der Waals surface area contributed by atoms with Crippen molar-refractivity contribution in [3.8, 4) is 11.8 Å². The summed E-state index contributed by atoms with van der Waals surface area (Å²) >= 11 is 3.29. The van der Waals surface area contributed by atoms with Gasteiger partial charge in [0.05, 0.1) is 19.2 Å². The fourth-order valence-corrected chi connectivity index (χ4v) is 1.84. The topological polar surface area (TPSA) is 64.6 Å². The summed E-state index contributed by atoms with van der Waals surface area (Å²) in [6, 6.07) is 5.12. The maximum absolute atomic E-state index is 11.7. The van der Waals surface area contributed by atoms with Gasteiger partial charge in [-0.25, -0.2) is 9.59 Å². The number of ether oxygens (including phenoxy) is 2. The molecular formula is C16H18BrNO4. The molecule has 0 aliphatic rings. The van der Waals surface area contributed by atoms with Gasteiger partial charge in [-0.3, -0.25) is 0 Å². The summed E-state index contributed by atoms with van der Waals surface area (Å²) in [5, 5.41) is 2.52. The van der Waals surface area contributed by atoms with Crippen molar-refractivity contribution in [1.82, 2.24) is 5.32 Å². The number of halogens is 1. The normalized spacial score (nSPS) is 10.2. The maximum atomic E-state index is 11.7. The Bertz CT molecular complexity index is 623. The van der Waals surface area contributed by atoms with Crippen LogP contribution in [0.25, 0.3) is 0 Å². The molecule has 1 aromatic carbocycles. The molecule has 0 aromatic heterocycles. The van der Waals surface area contributed by atoms with Crippen LogP contribution in [0.2, 0.25) is 0 Å². The lowest BCUT2D eigenvalue weighted by atomic mass is 10.1. The van der Waals surface area contributed by atoms with Crippen LogP contribution in [0.3, 0.4) is 0 Å². The first-order valence-electron chi connectivity index (χ1n) is 6.56. The molecule has 0 aliphatic carbocycles. The molecule has 0 radical (unpaired) electrons. The molecule has 5 nitrogen and oxygen atoms in total. The smallest absolute Gasteiger partial charge is 0.408 e. The van der Waals surface area contributed by atoms with E-state index in [1.807, 2.05) is 0 Å². The van der Waals surface area contributed by atoms with E-state index < -0.39 is 17.7 Å². The summed E-state index contributed by atoms with van der Waals surface area (Å²) in [5.74, 6) is 5.14. The molecule has 0 atom stereocenters. The first-order valence-corrected chi connectivity index (χ1v) is 7.36. The molecule has 0 spiro atoms. The monoisotopic (exact) mass is 367 g/mol. The van der Waals surface area contributed by atoms with E-state index in [1.54, 1.807) is 39.0 Å². The molecule has 1 amide bonds. The van der Waals surface area contributed by atoms with E-state index in [1.165, 1.54) is 7.11 Å². The number of nitrogens with one attached hydrogen (secondary N) is 1. The lowest BCUT2D eigenvalue weighted by molar-refractivity contribution is 0.0533. The molecular weight excluding hydrogens is 350 g/mol. The van der Waals surface area contributed by atoms with Gasteiger partial charge < -0.3 is 14.8 Å². The first-order chi connectivity index (χ1) is 10.2. The summed E-state index contributed by atoms with van der Waals surface area (Å²) in [6.07, 6.45) is -0.536. The standard InChI is InChI=1S/C16H18BrNO4/c1-16(2,3)22-15(20)18-9-5-6-11-7-8-12(17)10-13(11)14(19)21-4/h7-8,10H,9H2,1-4H3,(H,18,20). The highest BCUT2D eigenvalue weighted by Gasteiger charge is 2.15. The summed E-state index contributed by atoms with van der Waals surface area (Å²) in [6.45, 7) is 5.46. The van der Waals surface area contributed by atoms with Gasteiger partial charge in [-0.15, -0.1) is 0 Å². The Hall–Kier alpha value is -2.00. The van der Waals surface area contributed by atoms with Crippen molar-refractivity contribution in [2.75, 3.05) is 13.7 Å². The third-order valence-electron chi connectivity index (χ3n) is 2.33. The minimum Gasteiger partial charge on any atom is -0.465 e. The van der Waals surface area contributed by atoms with E-state index in [4.69, 9.17) is 9.47 Å². The van der Waals surface area contributed by atoms with Crippen LogP contribution in [-0.2, 0) is 9.47 Å². The van der Waals surface area contributed by atoms with Crippen LogP contribution in [0.1, 0.15) is 36.7 Å². The number of hydrogen-bond acceptors (Lipinski definition) is 4. The molecule has 0 unspecified atom stereocenters. The Labute approximate surface area is 138 Å². The van der Waals surface area contributed by atoms with E-state index in [0.717, 1.165) is 4.47 Å². The lowest BCUT2D eigenvalue weighted by Crippen LogP contribution is -2.32. The molecule has 1 aromatic rings. The second-order valence-corrected chi connectivity index (χ2v) is 6.25. The van der Waals surface area contributed by atoms with Crippen LogP contribution in [0.5, 0.6) is 0 Å². The molecule has 0 bridgehead atoms. The van der Waals surface area contributed by atoms with Crippen LogP contribution in [-0.4, -0.2) is 31.3 Å². The molecule has 1 N–H and O–H groups in total. The number of methoxy groups -OCH3 is 1. The van der Waals surface area contributed by atoms with Gasteiger partial charge in [0, 0.05) is 10.0 Å². The van der Waals surface area contributed by atoms with E-state index in [2.05, 4.69) is 33.1 Å². The van der Waals surface area contributed by atoms with Gasteiger partial charge in [-0.05, 0) is 39.0 Å². The number of carbonyl (C=O) groups excluding carboxylic acids is 2. The van der Waals surface area contributed by atoms with Crippen LogP contribution in [0.15, 0.2) is 22.7 Å². The van der Waals surface area contributed by atoms with E-state index in [-0.39, 0.29) is 6.54 Å². The van der Waals surface area contributed by atoms with E-state index in [0.29, 0.717) is 11.1 Å². The molecule has 0 fully saturated rings. The summed E-state index contributed by atoms with van der Waals surface area (Å²) in [7, 11) is 1.31. The number of rotatable bonds is 2. The third-order valence-corrected chi connectivity index (χ3v) is 2.82. The van der Waals surface area contributed by atoms with Gasteiger partial charge in [0.15, 0.2) is 0 Å². The molecule has 0 aliphatic heterocycles. The molecule has 0 saturated carbocycles. The highest BCUT2D eigenvalue weighted by molar-refractivity contribution is 9.10. The van der Waals surface area contributed by atoms with Crippen LogP contribution < -0.4 is 5.32 Å². The van der Waals surface area contributed by atoms with Gasteiger partial charge in [-0.2, -0.15) is 0 Å². The van der Waals surface area contributed by atoms with Gasteiger partial charge in [0.1, 0.15) is 5.60 Å². The zero-order valence-corrected chi connectivity index (χ0v) is 14.5. The molecule has 0 heterocycles.